The van der Waals surface area contributed by atoms with Crippen LogP contribution in [0.3, 0.4) is 0 Å². The van der Waals surface area contributed by atoms with Gasteiger partial charge in [0.2, 0.25) is 0 Å². The molecule has 0 aliphatic rings. The molecule has 0 rings (SSSR count). The fourth-order valence-electron chi connectivity index (χ4n) is 0.556. The quantitative estimate of drug-likeness (QED) is 0.587. The Kier molecular flexibility index (Phi) is 3.73. The van der Waals surface area contributed by atoms with Crippen molar-refractivity contribution in [1.29, 1.82) is 0 Å². The lowest BCUT2D eigenvalue weighted by molar-refractivity contribution is 0.173. The SMILES string of the molecule is CC[C@](N)(CO)CCF. The Morgan fingerprint density at radius 1 is 1.67 bits per heavy atom. The lowest BCUT2D eigenvalue weighted by Crippen LogP contribution is -2.43. The summed E-state index contributed by atoms with van der Waals surface area (Å²) in [6.45, 7) is 1.25. The van der Waals surface area contributed by atoms with Gasteiger partial charge in [-0.1, -0.05) is 6.92 Å². The van der Waals surface area contributed by atoms with E-state index < -0.39 is 12.2 Å². The molecule has 0 aliphatic heterocycles. The predicted octanol–water partition coefficient (Wildman–Crippen LogP) is 0.446. The van der Waals surface area contributed by atoms with Gasteiger partial charge in [0.05, 0.1) is 13.3 Å². The average molecular weight is 135 g/mol. The van der Waals surface area contributed by atoms with E-state index in [2.05, 4.69) is 0 Å². The van der Waals surface area contributed by atoms with Gasteiger partial charge >= 0.3 is 0 Å². The van der Waals surface area contributed by atoms with Gasteiger partial charge in [0.25, 0.3) is 0 Å². The number of aliphatic hydroxyl groups excluding tert-OH is 1. The predicted molar refractivity (Wildman–Crippen MR) is 34.9 cm³/mol. The van der Waals surface area contributed by atoms with Gasteiger partial charge < -0.3 is 10.8 Å². The molecule has 0 unspecified atom stereocenters. The Labute approximate surface area is 54.9 Å². The molecule has 3 N–H and O–H groups in total. The maximum absolute atomic E-state index is 11.7. The first-order valence-corrected chi connectivity index (χ1v) is 3.14. The second kappa shape index (κ2) is 3.80. The second-order valence-electron chi connectivity index (χ2n) is 2.31. The molecule has 0 radical (unpaired) electrons. The highest BCUT2D eigenvalue weighted by Gasteiger charge is 2.20. The number of hydrogen-bond donors (Lipinski definition) is 2. The molecule has 0 fully saturated rings. The molecule has 0 saturated heterocycles. The summed E-state index contributed by atoms with van der Waals surface area (Å²) in [6.07, 6.45) is 0.868. The lowest BCUT2D eigenvalue weighted by Gasteiger charge is -2.23. The van der Waals surface area contributed by atoms with Gasteiger partial charge in [-0.05, 0) is 12.8 Å². The minimum Gasteiger partial charge on any atom is -0.394 e. The van der Waals surface area contributed by atoms with Crippen molar-refractivity contribution in [2.75, 3.05) is 13.3 Å². The van der Waals surface area contributed by atoms with Gasteiger partial charge in [0.1, 0.15) is 0 Å². The van der Waals surface area contributed by atoms with Crippen LogP contribution in [0.4, 0.5) is 4.39 Å². The number of halogens is 1. The average Bonchev–Trinajstić information content (AvgIpc) is 1.89. The van der Waals surface area contributed by atoms with Crippen molar-refractivity contribution in [1.82, 2.24) is 0 Å². The maximum atomic E-state index is 11.7. The van der Waals surface area contributed by atoms with Crippen molar-refractivity contribution in [3.8, 4) is 0 Å². The minimum absolute atomic E-state index is 0.132. The van der Waals surface area contributed by atoms with Crippen LogP contribution < -0.4 is 5.73 Å². The molecule has 0 saturated carbocycles. The maximum Gasteiger partial charge on any atom is 0.0912 e. The van der Waals surface area contributed by atoms with Crippen LogP contribution in [0.25, 0.3) is 0 Å². The third-order valence-electron chi connectivity index (χ3n) is 1.61. The van der Waals surface area contributed by atoms with Crippen molar-refractivity contribution in [2.24, 2.45) is 5.73 Å². The van der Waals surface area contributed by atoms with Crippen LogP contribution in [0, 0.1) is 0 Å². The van der Waals surface area contributed by atoms with E-state index in [9.17, 15) is 4.39 Å². The van der Waals surface area contributed by atoms with Crippen LogP contribution in [0.1, 0.15) is 19.8 Å². The molecule has 0 aromatic rings. The molecule has 0 aliphatic carbocycles. The summed E-state index contributed by atoms with van der Waals surface area (Å²) < 4.78 is 11.7. The number of aliphatic hydroxyl groups is 1. The van der Waals surface area contributed by atoms with E-state index in [1.165, 1.54) is 0 Å². The van der Waals surface area contributed by atoms with Gasteiger partial charge in [-0.2, -0.15) is 0 Å². The zero-order valence-corrected chi connectivity index (χ0v) is 5.73. The van der Waals surface area contributed by atoms with Crippen LogP contribution in [0.15, 0.2) is 0 Å². The molecule has 0 amide bonds. The highest BCUT2D eigenvalue weighted by molar-refractivity contribution is 4.80. The molecule has 0 bridgehead atoms. The molecular formula is C6H14FNO. The zero-order chi connectivity index (χ0) is 7.33. The molecule has 0 aromatic heterocycles. The number of nitrogens with two attached hydrogens (primary N) is 1. The standard InChI is InChI=1S/C6H14FNO/c1-2-6(8,5-9)3-4-7/h9H,2-5,8H2,1H3/t6-/m1/s1. The van der Waals surface area contributed by atoms with Crippen LogP contribution in [0.2, 0.25) is 0 Å². The molecular weight excluding hydrogens is 121 g/mol. The summed E-state index contributed by atoms with van der Waals surface area (Å²) in [7, 11) is 0. The third kappa shape index (κ3) is 2.77. The normalized spacial score (nSPS) is 17.3. The van der Waals surface area contributed by atoms with E-state index in [0.717, 1.165) is 0 Å². The molecule has 2 nitrogen and oxygen atoms in total. The summed E-state index contributed by atoms with van der Waals surface area (Å²) in [5.74, 6) is 0. The summed E-state index contributed by atoms with van der Waals surface area (Å²) >= 11 is 0. The number of alkyl halides is 1. The lowest BCUT2D eigenvalue weighted by atomic mass is 9.95. The molecule has 56 valence electrons. The fraction of sp³-hybridized carbons (Fsp3) is 1.00. The summed E-state index contributed by atoms with van der Waals surface area (Å²) in [5.41, 5.74) is 4.83. The first-order valence-electron chi connectivity index (χ1n) is 3.14. The minimum atomic E-state index is -0.686. The Hall–Kier alpha value is -0.150. The summed E-state index contributed by atoms with van der Waals surface area (Å²) in [6, 6.07) is 0. The molecule has 0 heterocycles. The molecule has 3 heteroatoms. The highest BCUT2D eigenvalue weighted by Crippen LogP contribution is 2.09. The monoisotopic (exact) mass is 135 g/mol. The number of rotatable bonds is 4. The van der Waals surface area contributed by atoms with Crippen LogP contribution in [-0.2, 0) is 0 Å². The molecule has 0 aromatic carbocycles. The Balaban J connectivity index is 3.62. The topological polar surface area (TPSA) is 46.2 Å². The Morgan fingerprint density at radius 2 is 2.22 bits per heavy atom. The molecule has 1 atom stereocenters. The summed E-state index contributed by atoms with van der Waals surface area (Å²) in [5, 5.41) is 8.62. The van der Waals surface area contributed by atoms with E-state index in [0.29, 0.717) is 6.42 Å². The van der Waals surface area contributed by atoms with Gasteiger partial charge in [-0.15, -0.1) is 0 Å². The van der Waals surface area contributed by atoms with Crippen LogP contribution >= 0.6 is 0 Å². The van der Waals surface area contributed by atoms with E-state index in [4.69, 9.17) is 10.8 Å². The van der Waals surface area contributed by atoms with Crippen molar-refractivity contribution < 1.29 is 9.50 Å². The largest absolute Gasteiger partial charge is 0.394 e. The zero-order valence-electron chi connectivity index (χ0n) is 5.73. The van der Waals surface area contributed by atoms with Gasteiger partial charge in [-0.25, -0.2) is 0 Å². The van der Waals surface area contributed by atoms with Crippen molar-refractivity contribution >= 4 is 0 Å². The van der Waals surface area contributed by atoms with Crippen molar-refractivity contribution in [2.45, 2.75) is 25.3 Å². The molecule has 0 spiro atoms. The Morgan fingerprint density at radius 3 is 2.33 bits per heavy atom. The third-order valence-corrected chi connectivity index (χ3v) is 1.61. The highest BCUT2D eigenvalue weighted by atomic mass is 19.1. The fourth-order valence-corrected chi connectivity index (χ4v) is 0.556. The molecule has 9 heavy (non-hydrogen) atoms. The van der Waals surface area contributed by atoms with Crippen LogP contribution in [-0.4, -0.2) is 23.9 Å². The van der Waals surface area contributed by atoms with E-state index in [1.54, 1.807) is 0 Å². The van der Waals surface area contributed by atoms with Gasteiger partial charge in [0.15, 0.2) is 0 Å². The first kappa shape index (κ1) is 8.85. The van der Waals surface area contributed by atoms with Crippen molar-refractivity contribution in [3.05, 3.63) is 0 Å². The van der Waals surface area contributed by atoms with Crippen molar-refractivity contribution in [3.63, 3.8) is 0 Å². The van der Waals surface area contributed by atoms with Crippen LogP contribution in [0.5, 0.6) is 0 Å². The van der Waals surface area contributed by atoms with E-state index in [-0.39, 0.29) is 13.0 Å². The Bertz CT molecular complexity index is 73.5. The smallest absolute Gasteiger partial charge is 0.0912 e. The second-order valence-corrected chi connectivity index (χ2v) is 2.31. The van der Waals surface area contributed by atoms with E-state index in [1.807, 2.05) is 6.92 Å². The first-order chi connectivity index (χ1) is 4.18. The van der Waals surface area contributed by atoms with E-state index >= 15 is 0 Å². The number of hydrogen-bond acceptors (Lipinski definition) is 2. The van der Waals surface area contributed by atoms with Gasteiger partial charge in [0, 0.05) is 5.54 Å². The van der Waals surface area contributed by atoms with Gasteiger partial charge in [-0.3, -0.25) is 4.39 Å². The summed E-state index contributed by atoms with van der Waals surface area (Å²) in [4.78, 5) is 0.